The van der Waals surface area contributed by atoms with Gasteiger partial charge in [0.05, 0.1) is 13.2 Å². The first-order valence-corrected chi connectivity index (χ1v) is 9.42. The Hall–Kier alpha value is -0.717. The van der Waals surface area contributed by atoms with Crippen LogP contribution in [0.5, 0.6) is 23.0 Å². The van der Waals surface area contributed by atoms with E-state index < -0.39 is 0 Å². The van der Waals surface area contributed by atoms with E-state index >= 15 is 0 Å². The van der Waals surface area contributed by atoms with Crippen molar-refractivity contribution in [1.29, 1.82) is 0 Å². The van der Waals surface area contributed by atoms with Crippen LogP contribution in [0.2, 0.25) is 0 Å². The molecule has 6 nitrogen and oxygen atoms in total. The summed E-state index contributed by atoms with van der Waals surface area (Å²) in [7, 11) is 0. The van der Waals surface area contributed by atoms with Gasteiger partial charge in [-0.25, -0.2) is 0 Å². The Morgan fingerprint density at radius 2 is 1.13 bits per heavy atom. The van der Waals surface area contributed by atoms with Crippen molar-refractivity contribution in [3.63, 3.8) is 0 Å². The van der Waals surface area contributed by atoms with Crippen molar-refractivity contribution in [1.82, 2.24) is 10.6 Å². The fourth-order valence-corrected chi connectivity index (χ4v) is 2.72. The summed E-state index contributed by atoms with van der Waals surface area (Å²) in [5.41, 5.74) is 1.41. The molecule has 0 aliphatic heterocycles. The third kappa shape index (κ3) is 11.6. The molecular weight excluding hydrogens is 544 g/mol. The average molecular weight is 572 g/mol. The Bertz CT molecular complexity index is 670. The topological polar surface area (TPSA) is 88.6 Å². The Morgan fingerprint density at radius 1 is 0.742 bits per heavy atom. The fourth-order valence-electron chi connectivity index (χ4n) is 2.72. The summed E-state index contributed by atoms with van der Waals surface area (Å²) < 4.78 is 10.7. The van der Waals surface area contributed by atoms with Crippen LogP contribution in [0.25, 0.3) is 0 Å². The summed E-state index contributed by atoms with van der Waals surface area (Å²) in [5.74, 6) is 0.701. The van der Waals surface area contributed by atoms with Crippen molar-refractivity contribution in [3.8, 4) is 23.0 Å². The SMILES string of the molecule is CCOc1cccc(CNCCCNCc2cccc(OCC)c2[O-])c1[O-].[Cl-].[Cl-].[Cu+2].[Zn+2]. The average Bonchev–Trinajstić information content (AvgIpc) is 2.67. The molecule has 1 radical (unpaired) electrons. The Kier molecular flexibility index (Phi) is 22.4. The zero-order chi connectivity index (χ0) is 19.5. The molecule has 2 aromatic rings. The number of ether oxygens (including phenoxy) is 2. The third-order valence-electron chi connectivity index (χ3n) is 4.06. The maximum atomic E-state index is 12.2. The van der Waals surface area contributed by atoms with Crippen molar-refractivity contribution in [3.05, 3.63) is 47.5 Å². The first-order valence-electron chi connectivity index (χ1n) is 9.42. The number of hydrogen-bond donors (Lipinski definition) is 2. The summed E-state index contributed by atoms with van der Waals surface area (Å²) in [6, 6.07) is 10.7. The molecule has 0 saturated carbocycles. The van der Waals surface area contributed by atoms with Crippen LogP contribution in [0, 0.1) is 0 Å². The summed E-state index contributed by atoms with van der Waals surface area (Å²) in [6.45, 7) is 7.26. The Labute approximate surface area is 220 Å². The molecule has 0 amide bonds. The fraction of sp³-hybridized carbons (Fsp3) is 0.429. The van der Waals surface area contributed by atoms with Crippen LogP contribution in [0.3, 0.4) is 0 Å². The molecule has 0 atom stereocenters. The van der Waals surface area contributed by atoms with Crippen LogP contribution in [0.4, 0.5) is 0 Å². The minimum Gasteiger partial charge on any atom is -1.00 e. The molecule has 0 fully saturated rings. The smallest absolute Gasteiger partial charge is 1.00 e. The van der Waals surface area contributed by atoms with E-state index in [0.29, 0.717) is 48.9 Å². The summed E-state index contributed by atoms with van der Waals surface area (Å²) in [6.07, 6.45) is 0.888. The second-order valence-electron chi connectivity index (χ2n) is 6.06. The number of benzene rings is 2. The van der Waals surface area contributed by atoms with Gasteiger partial charge >= 0.3 is 36.5 Å². The molecule has 0 spiro atoms. The maximum Gasteiger partial charge on any atom is 2.00 e. The first-order chi connectivity index (χ1) is 13.2. The molecule has 0 aromatic heterocycles. The monoisotopic (exact) mass is 569 g/mol. The van der Waals surface area contributed by atoms with E-state index in [1.165, 1.54) is 0 Å². The van der Waals surface area contributed by atoms with Gasteiger partial charge in [0.1, 0.15) is 11.5 Å². The molecule has 0 saturated heterocycles. The predicted molar refractivity (Wildman–Crippen MR) is 102 cm³/mol. The molecule has 0 unspecified atom stereocenters. The van der Waals surface area contributed by atoms with Gasteiger partial charge in [-0.05, 0) is 56.6 Å². The molecular formula is C21H28Cl2CuN2O4Zn. The number of hydrogen-bond acceptors (Lipinski definition) is 6. The molecule has 31 heavy (non-hydrogen) atoms. The summed E-state index contributed by atoms with van der Waals surface area (Å²) in [5, 5.41) is 30.9. The van der Waals surface area contributed by atoms with Gasteiger partial charge in [-0.1, -0.05) is 35.8 Å². The largest absolute Gasteiger partial charge is 2.00 e. The van der Waals surface area contributed by atoms with Gasteiger partial charge in [-0.15, -0.1) is 0 Å². The van der Waals surface area contributed by atoms with Crippen LogP contribution < -0.4 is 55.1 Å². The molecule has 2 rings (SSSR count). The number of nitrogens with one attached hydrogen (secondary N) is 2. The standard InChI is InChI=1S/C21H30N2O4.2ClH.Cu.Zn/c1-3-26-18-10-5-8-16(20(18)24)14-22-12-7-13-23-15-17-9-6-11-19(21(17)25)27-4-2;;;;/h5-6,8-11,22-25H,3-4,7,12-15H2,1-2H3;2*1H;;/q;;;2*+2/p-4. The first kappa shape index (κ1) is 34.9. The Morgan fingerprint density at radius 3 is 1.48 bits per heavy atom. The van der Waals surface area contributed by atoms with Crippen molar-refractivity contribution >= 4 is 0 Å². The molecule has 10 heteroatoms. The van der Waals surface area contributed by atoms with Gasteiger partial charge in [0.15, 0.2) is 0 Å². The number of rotatable bonds is 12. The van der Waals surface area contributed by atoms with Gasteiger partial charge in [-0.2, -0.15) is 0 Å². The van der Waals surface area contributed by atoms with Crippen LogP contribution in [0.15, 0.2) is 36.4 Å². The Balaban J connectivity index is -0.00000196. The van der Waals surface area contributed by atoms with E-state index in [1.807, 2.05) is 38.1 Å². The van der Waals surface area contributed by atoms with Gasteiger partial charge in [0.2, 0.25) is 0 Å². The minimum absolute atomic E-state index is 0. The van der Waals surface area contributed by atoms with Crippen molar-refractivity contribution in [2.75, 3.05) is 26.3 Å². The summed E-state index contributed by atoms with van der Waals surface area (Å²) >= 11 is 0. The van der Waals surface area contributed by atoms with Crippen molar-refractivity contribution in [2.24, 2.45) is 0 Å². The predicted octanol–water partition coefficient (Wildman–Crippen LogP) is -4.10. The van der Waals surface area contributed by atoms with E-state index in [1.54, 1.807) is 12.1 Å². The van der Waals surface area contributed by atoms with Crippen LogP contribution in [-0.4, -0.2) is 26.3 Å². The van der Waals surface area contributed by atoms with Gasteiger partial charge in [0.25, 0.3) is 0 Å². The molecule has 0 aliphatic rings. The van der Waals surface area contributed by atoms with Crippen molar-refractivity contribution < 1.29 is 81.0 Å². The second kappa shape index (κ2) is 19.9. The molecule has 0 aliphatic carbocycles. The van der Waals surface area contributed by atoms with Gasteiger partial charge in [-0.3, -0.25) is 0 Å². The van der Waals surface area contributed by atoms with Crippen molar-refractivity contribution in [2.45, 2.75) is 33.4 Å². The zero-order valence-electron chi connectivity index (χ0n) is 17.8. The number of halogens is 2. The molecule has 2 N–H and O–H groups in total. The van der Waals surface area contributed by atoms with E-state index in [0.717, 1.165) is 19.5 Å². The van der Waals surface area contributed by atoms with Gasteiger partial charge < -0.3 is 55.1 Å². The molecule has 0 heterocycles. The number of para-hydroxylation sites is 2. The van der Waals surface area contributed by atoms with E-state index in [9.17, 15) is 10.2 Å². The van der Waals surface area contributed by atoms with Crippen LogP contribution in [0.1, 0.15) is 31.4 Å². The zero-order valence-corrected chi connectivity index (χ0v) is 23.2. The van der Waals surface area contributed by atoms with Crippen LogP contribution in [-0.2, 0) is 49.6 Å². The van der Waals surface area contributed by atoms with E-state index in [-0.39, 0.29) is 72.9 Å². The van der Waals surface area contributed by atoms with Crippen LogP contribution >= 0.6 is 0 Å². The molecule has 0 bridgehead atoms. The minimum atomic E-state index is -0.0536. The van der Waals surface area contributed by atoms with Gasteiger partial charge in [0, 0.05) is 13.1 Å². The summed E-state index contributed by atoms with van der Waals surface area (Å²) in [4.78, 5) is 0. The maximum absolute atomic E-state index is 12.2. The third-order valence-corrected chi connectivity index (χ3v) is 4.06. The quantitative estimate of drug-likeness (QED) is 0.199. The molecule has 173 valence electrons. The van der Waals surface area contributed by atoms with E-state index in [4.69, 9.17) is 9.47 Å². The van der Waals surface area contributed by atoms with E-state index in [2.05, 4.69) is 10.6 Å². The second-order valence-corrected chi connectivity index (χ2v) is 6.06. The normalized spacial score (nSPS) is 9.35. The molecule has 2 aromatic carbocycles.